The zero-order valence-electron chi connectivity index (χ0n) is 10.1. The molecular weight excluding hydrogens is 216 g/mol. The van der Waals surface area contributed by atoms with Crippen molar-refractivity contribution in [2.75, 3.05) is 7.11 Å². The minimum Gasteiger partial charge on any atom is -0.496 e. The number of hydrogen-bond donors (Lipinski definition) is 0. The molecule has 2 rings (SSSR count). The maximum Gasteiger partial charge on any atom is 0.200 e. The lowest BCUT2D eigenvalue weighted by atomic mass is 10.0. The van der Waals surface area contributed by atoms with Gasteiger partial charge in [-0.3, -0.25) is 4.79 Å². The molecule has 0 aliphatic heterocycles. The highest BCUT2D eigenvalue weighted by Gasteiger charge is 2.18. The Bertz CT molecular complexity index is 552. The van der Waals surface area contributed by atoms with Gasteiger partial charge in [-0.15, -0.1) is 0 Å². The molecular formula is C14H14O3. The summed E-state index contributed by atoms with van der Waals surface area (Å²) in [7, 11) is 1.56. The monoisotopic (exact) mass is 230 g/mol. The molecule has 1 aromatic carbocycles. The Morgan fingerprint density at radius 1 is 1.18 bits per heavy atom. The lowest BCUT2D eigenvalue weighted by molar-refractivity contribution is 0.103. The Morgan fingerprint density at radius 2 is 1.88 bits per heavy atom. The number of carbonyl (C=O) groups excluding carboxylic acids is 1. The zero-order valence-corrected chi connectivity index (χ0v) is 10.1. The van der Waals surface area contributed by atoms with E-state index in [1.807, 2.05) is 19.1 Å². The summed E-state index contributed by atoms with van der Waals surface area (Å²) in [5.41, 5.74) is 1.14. The molecule has 1 heterocycles. The molecule has 0 spiro atoms. The maximum atomic E-state index is 12.3. The van der Waals surface area contributed by atoms with E-state index in [2.05, 4.69) is 0 Å². The van der Waals surface area contributed by atoms with Gasteiger partial charge in [-0.1, -0.05) is 12.1 Å². The van der Waals surface area contributed by atoms with Gasteiger partial charge in [0.2, 0.25) is 0 Å². The van der Waals surface area contributed by atoms with E-state index in [9.17, 15) is 4.79 Å². The second-order valence-corrected chi connectivity index (χ2v) is 3.86. The smallest absolute Gasteiger partial charge is 0.200 e. The molecule has 0 unspecified atom stereocenters. The summed E-state index contributed by atoms with van der Waals surface area (Å²) in [4.78, 5) is 12.3. The van der Waals surface area contributed by atoms with E-state index in [1.54, 1.807) is 32.2 Å². The molecule has 88 valence electrons. The summed E-state index contributed by atoms with van der Waals surface area (Å²) in [5.74, 6) is 1.88. The molecule has 0 aliphatic carbocycles. The quantitative estimate of drug-likeness (QED) is 0.760. The SMILES string of the molecule is COc1ccccc1C(=O)c1cc(C)oc1C. The Morgan fingerprint density at radius 3 is 2.47 bits per heavy atom. The van der Waals surface area contributed by atoms with E-state index in [-0.39, 0.29) is 5.78 Å². The van der Waals surface area contributed by atoms with E-state index < -0.39 is 0 Å². The summed E-state index contributed by atoms with van der Waals surface area (Å²) in [6, 6.07) is 8.93. The molecule has 0 saturated carbocycles. The van der Waals surface area contributed by atoms with E-state index >= 15 is 0 Å². The van der Waals surface area contributed by atoms with Gasteiger partial charge in [-0.2, -0.15) is 0 Å². The highest BCUT2D eigenvalue weighted by molar-refractivity contribution is 6.11. The van der Waals surface area contributed by atoms with Crippen molar-refractivity contribution in [3.63, 3.8) is 0 Å². The van der Waals surface area contributed by atoms with Crippen LogP contribution in [-0.2, 0) is 0 Å². The normalized spacial score (nSPS) is 10.3. The van der Waals surface area contributed by atoms with Crippen LogP contribution in [0.1, 0.15) is 27.4 Å². The molecule has 0 amide bonds. The summed E-state index contributed by atoms with van der Waals surface area (Å²) < 4.78 is 10.6. The van der Waals surface area contributed by atoms with E-state index in [0.29, 0.717) is 22.6 Å². The number of ether oxygens (including phenoxy) is 1. The van der Waals surface area contributed by atoms with Crippen LogP contribution in [0.25, 0.3) is 0 Å². The van der Waals surface area contributed by atoms with E-state index in [4.69, 9.17) is 9.15 Å². The Hall–Kier alpha value is -2.03. The minimum atomic E-state index is -0.0724. The van der Waals surface area contributed by atoms with Crippen LogP contribution < -0.4 is 4.74 Å². The van der Waals surface area contributed by atoms with Crippen LogP contribution in [-0.4, -0.2) is 12.9 Å². The minimum absolute atomic E-state index is 0.0724. The van der Waals surface area contributed by atoms with Gasteiger partial charge >= 0.3 is 0 Å². The molecule has 0 saturated heterocycles. The van der Waals surface area contributed by atoms with Crippen molar-refractivity contribution >= 4 is 5.78 Å². The Balaban J connectivity index is 2.47. The standard InChI is InChI=1S/C14H14O3/c1-9-8-12(10(2)17-9)14(15)11-6-4-5-7-13(11)16-3/h4-8H,1-3H3. The highest BCUT2D eigenvalue weighted by Crippen LogP contribution is 2.24. The van der Waals surface area contributed by atoms with Crippen molar-refractivity contribution in [2.24, 2.45) is 0 Å². The van der Waals surface area contributed by atoms with Crippen molar-refractivity contribution in [3.05, 3.63) is 53.0 Å². The maximum absolute atomic E-state index is 12.3. The van der Waals surface area contributed by atoms with Gasteiger partial charge in [0.15, 0.2) is 5.78 Å². The first kappa shape index (κ1) is 11.5. The average molecular weight is 230 g/mol. The Labute approximate surface area is 100 Å². The van der Waals surface area contributed by atoms with Gasteiger partial charge in [0.05, 0.1) is 18.2 Å². The fourth-order valence-corrected chi connectivity index (χ4v) is 1.83. The Kier molecular flexibility index (Phi) is 3.00. The van der Waals surface area contributed by atoms with Gasteiger partial charge < -0.3 is 9.15 Å². The van der Waals surface area contributed by atoms with Gasteiger partial charge in [0, 0.05) is 0 Å². The predicted octanol–water partition coefficient (Wildman–Crippen LogP) is 3.14. The van der Waals surface area contributed by atoms with Crippen molar-refractivity contribution in [1.82, 2.24) is 0 Å². The molecule has 0 fully saturated rings. The van der Waals surface area contributed by atoms with Crippen LogP contribution in [0.4, 0.5) is 0 Å². The molecule has 3 nitrogen and oxygen atoms in total. The molecule has 2 aromatic rings. The second-order valence-electron chi connectivity index (χ2n) is 3.86. The molecule has 0 radical (unpaired) electrons. The molecule has 3 heteroatoms. The number of carbonyl (C=O) groups is 1. The van der Waals surface area contributed by atoms with Crippen LogP contribution in [0.15, 0.2) is 34.7 Å². The van der Waals surface area contributed by atoms with Gasteiger partial charge in [-0.25, -0.2) is 0 Å². The average Bonchev–Trinajstić information content (AvgIpc) is 2.67. The number of ketones is 1. The van der Waals surface area contributed by atoms with Gasteiger partial charge in [0.1, 0.15) is 17.3 Å². The van der Waals surface area contributed by atoms with Crippen LogP contribution in [0.2, 0.25) is 0 Å². The number of rotatable bonds is 3. The number of hydrogen-bond acceptors (Lipinski definition) is 3. The lowest BCUT2D eigenvalue weighted by Crippen LogP contribution is -2.03. The topological polar surface area (TPSA) is 39.4 Å². The first-order chi connectivity index (χ1) is 8.13. The zero-order chi connectivity index (χ0) is 12.4. The van der Waals surface area contributed by atoms with E-state index in [1.165, 1.54) is 0 Å². The molecule has 0 aliphatic rings. The molecule has 0 N–H and O–H groups in total. The third-order valence-electron chi connectivity index (χ3n) is 2.64. The van der Waals surface area contributed by atoms with Crippen molar-refractivity contribution < 1.29 is 13.9 Å². The number of methoxy groups -OCH3 is 1. The molecule has 1 aromatic heterocycles. The van der Waals surface area contributed by atoms with E-state index in [0.717, 1.165) is 5.76 Å². The summed E-state index contributed by atoms with van der Waals surface area (Å²) in [5, 5.41) is 0. The van der Waals surface area contributed by atoms with Gasteiger partial charge in [-0.05, 0) is 32.0 Å². The first-order valence-corrected chi connectivity index (χ1v) is 5.38. The molecule has 17 heavy (non-hydrogen) atoms. The van der Waals surface area contributed by atoms with Crippen LogP contribution in [0, 0.1) is 13.8 Å². The predicted molar refractivity (Wildman–Crippen MR) is 64.6 cm³/mol. The summed E-state index contributed by atoms with van der Waals surface area (Å²) in [6.45, 7) is 3.61. The molecule has 0 atom stereocenters. The molecule has 0 bridgehead atoms. The second kappa shape index (κ2) is 4.45. The van der Waals surface area contributed by atoms with Crippen molar-refractivity contribution in [2.45, 2.75) is 13.8 Å². The number of furan rings is 1. The fraction of sp³-hybridized carbons (Fsp3) is 0.214. The lowest BCUT2D eigenvalue weighted by Gasteiger charge is -2.06. The summed E-state index contributed by atoms with van der Waals surface area (Å²) in [6.07, 6.45) is 0. The first-order valence-electron chi connectivity index (χ1n) is 5.38. The largest absolute Gasteiger partial charge is 0.496 e. The van der Waals surface area contributed by atoms with Crippen molar-refractivity contribution in [1.29, 1.82) is 0 Å². The van der Waals surface area contributed by atoms with Crippen LogP contribution in [0.5, 0.6) is 5.75 Å². The number of benzene rings is 1. The third kappa shape index (κ3) is 2.09. The van der Waals surface area contributed by atoms with Crippen LogP contribution in [0.3, 0.4) is 0 Å². The summed E-state index contributed by atoms with van der Waals surface area (Å²) >= 11 is 0. The van der Waals surface area contributed by atoms with Gasteiger partial charge in [0.25, 0.3) is 0 Å². The number of aryl methyl sites for hydroxylation is 2. The van der Waals surface area contributed by atoms with Crippen LogP contribution >= 0.6 is 0 Å². The third-order valence-corrected chi connectivity index (χ3v) is 2.64. The van der Waals surface area contributed by atoms with Crippen molar-refractivity contribution in [3.8, 4) is 5.75 Å². The fourth-order valence-electron chi connectivity index (χ4n) is 1.83. The highest BCUT2D eigenvalue weighted by atomic mass is 16.5. The number of para-hydroxylation sites is 1.